The van der Waals surface area contributed by atoms with Gasteiger partial charge in [0.15, 0.2) is 6.61 Å². The number of ether oxygens (including phenoxy) is 1. The van der Waals surface area contributed by atoms with Gasteiger partial charge in [-0.1, -0.05) is 11.2 Å². The van der Waals surface area contributed by atoms with Crippen molar-refractivity contribution < 1.29 is 23.6 Å². The maximum absolute atomic E-state index is 11.9. The molecule has 2 aromatic heterocycles. The number of anilines is 2. The van der Waals surface area contributed by atoms with Crippen molar-refractivity contribution in [2.24, 2.45) is 0 Å². The Balaban J connectivity index is 1.41. The number of nitrogens with one attached hydrogen (secondary N) is 2. The Hall–Kier alpha value is -3.53. The van der Waals surface area contributed by atoms with Gasteiger partial charge in [0.2, 0.25) is 17.6 Å². The van der Waals surface area contributed by atoms with Gasteiger partial charge in [-0.25, -0.2) is 0 Å². The van der Waals surface area contributed by atoms with Gasteiger partial charge in [0.25, 0.3) is 5.91 Å². The molecule has 0 saturated carbocycles. The van der Waals surface area contributed by atoms with E-state index < -0.39 is 18.5 Å². The zero-order valence-electron chi connectivity index (χ0n) is 15.5. The highest BCUT2D eigenvalue weighted by Crippen LogP contribution is 2.19. The second-order valence-electron chi connectivity index (χ2n) is 5.99. The predicted molar refractivity (Wildman–Crippen MR) is 106 cm³/mol. The van der Waals surface area contributed by atoms with Gasteiger partial charge in [-0.2, -0.15) is 16.3 Å². The van der Waals surface area contributed by atoms with E-state index in [2.05, 4.69) is 20.8 Å². The fourth-order valence-electron chi connectivity index (χ4n) is 2.37. The molecular formula is C19H18N4O5S. The first kappa shape index (κ1) is 20.2. The summed E-state index contributed by atoms with van der Waals surface area (Å²) in [4.78, 5) is 39.1. The Morgan fingerprint density at radius 1 is 1.17 bits per heavy atom. The summed E-state index contributed by atoms with van der Waals surface area (Å²) in [5.74, 6) is -0.470. The highest BCUT2D eigenvalue weighted by molar-refractivity contribution is 7.08. The van der Waals surface area contributed by atoms with Gasteiger partial charge in [0, 0.05) is 35.7 Å². The summed E-state index contributed by atoms with van der Waals surface area (Å²) in [6.45, 7) is 0.967. The Kier molecular flexibility index (Phi) is 6.69. The minimum atomic E-state index is -0.553. The van der Waals surface area contributed by atoms with Crippen LogP contribution in [0, 0.1) is 0 Å². The van der Waals surface area contributed by atoms with Crippen molar-refractivity contribution in [3.8, 4) is 11.4 Å². The van der Waals surface area contributed by atoms with Crippen molar-refractivity contribution in [1.82, 2.24) is 10.1 Å². The number of carbonyl (C=O) groups excluding carboxylic acids is 3. The number of hydrogen-bond donors (Lipinski definition) is 2. The van der Waals surface area contributed by atoms with Crippen molar-refractivity contribution in [3.05, 3.63) is 47.0 Å². The van der Waals surface area contributed by atoms with Crippen LogP contribution in [0.4, 0.5) is 11.4 Å². The van der Waals surface area contributed by atoms with Crippen LogP contribution in [0.2, 0.25) is 0 Å². The van der Waals surface area contributed by atoms with Gasteiger partial charge < -0.3 is 19.9 Å². The van der Waals surface area contributed by atoms with Gasteiger partial charge in [0.05, 0.1) is 6.42 Å². The quantitative estimate of drug-likeness (QED) is 0.543. The van der Waals surface area contributed by atoms with Crippen molar-refractivity contribution in [3.63, 3.8) is 0 Å². The Morgan fingerprint density at radius 2 is 1.97 bits per heavy atom. The summed E-state index contributed by atoms with van der Waals surface area (Å²) in [5.41, 5.74) is 1.88. The zero-order chi connectivity index (χ0) is 20.6. The van der Waals surface area contributed by atoms with E-state index in [1.54, 1.807) is 24.3 Å². The molecule has 29 heavy (non-hydrogen) atoms. The number of benzene rings is 1. The van der Waals surface area contributed by atoms with Gasteiger partial charge >= 0.3 is 5.97 Å². The van der Waals surface area contributed by atoms with Crippen LogP contribution >= 0.6 is 11.3 Å². The molecule has 1 aromatic carbocycles. The molecule has 0 unspecified atom stereocenters. The fourth-order valence-corrected chi connectivity index (χ4v) is 3.00. The molecule has 3 rings (SSSR count). The van der Waals surface area contributed by atoms with Crippen LogP contribution in [0.25, 0.3) is 11.4 Å². The number of hydrogen-bond acceptors (Lipinski definition) is 8. The molecule has 0 aliphatic rings. The Morgan fingerprint density at radius 3 is 2.69 bits per heavy atom. The average Bonchev–Trinajstić information content (AvgIpc) is 3.36. The number of aromatic nitrogens is 2. The molecule has 0 aliphatic carbocycles. The smallest absolute Gasteiger partial charge is 0.306 e. The maximum Gasteiger partial charge on any atom is 0.306 e. The van der Waals surface area contributed by atoms with Crippen LogP contribution in [0.15, 0.2) is 45.6 Å². The number of thiophene rings is 1. The minimum absolute atomic E-state index is 0.0105. The van der Waals surface area contributed by atoms with Crippen molar-refractivity contribution in [2.75, 3.05) is 17.2 Å². The number of amides is 2. The number of nitrogens with zero attached hydrogens (tertiary/aromatic N) is 2. The molecule has 2 amide bonds. The molecule has 10 heteroatoms. The Bertz CT molecular complexity index is 1000. The monoisotopic (exact) mass is 414 g/mol. The normalized spacial score (nSPS) is 10.4. The van der Waals surface area contributed by atoms with Gasteiger partial charge in [0.1, 0.15) is 0 Å². The van der Waals surface area contributed by atoms with Crippen molar-refractivity contribution >= 4 is 40.5 Å². The summed E-state index contributed by atoms with van der Waals surface area (Å²) < 4.78 is 10.1. The number of esters is 1. The number of rotatable bonds is 8. The maximum atomic E-state index is 11.9. The standard InChI is InChI=1S/C19H18N4O5S/c1-12(24)20-14-3-2-4-15(9-14)21-16(25)10-27-18(26)6-5-17-22-19(23-28-17)13-7-8-29-11-13/h2-4,7-9,11H,5-6,10H2,1H3,(H,20,24)(H,21,25). The second kappa shape index (κ2) is 9.60. The van der Waals surface area contributed by atoms with E-state index in [1.165, 1.54) is 18.3 Å². The molecule has 0 radical (unpaired) electrons. The zero-order valence-corrected chi connectivity index (χ0v) is 16.3. The average molecular weight is 414 g/mol. The molecule has 0 atom stereocenters. The first-order chi connectivity index (χ1) is 14.0. The highest BCUT2D eigenvalue weighted by atomic mass is 32.1. The van der Waals surface area contributed by atoms with E-state index in [-0.39, 0.29) is 18.7 Å². The molecule has 2 N–H and O–H groups in total. The van der Waals surface area contributed by atoms with E-state index in [9.17, 15) is 14.4 Å². The van der Waals surface area contributed by atoms with Crippen molar-refractivity contribution in [1.29, 1.82) is 0 Å². The molecule has 0 fully saturated rings. The SMILES string of the molecule is CC(=O)Nc1cccc(NC(=O)COC(=O)CCc2nc(-c3ccsc3)no2)c1. The van der Waals surface area contributed by atoms with Crippen LogP contribution in [-0.4, -0.2) is 34.5 Å². The summed E-state index contributed by atoms with van der Waals surface area (Å²) in [5, 5.41) is 12.9. The predicted octanol–water partition coefficient (Wildman–Crippen LogP) is 2.87. The number of aryl methyl sites for hydroxylation is 1. The molecule has 0 saturated heterocycles. The third-order valence-corrected chi connectivity index (χ3v) is 4.30. The molecule has 9 nitrogen and oxygen atoms in total. The molecule has 2 heterocycles. The fraction of sp³-hybridized carbons (Fsp3) is 0.211. The van der Waals surface area contributed by atoms with E-state index in [4.69, 9.17) is 9.26 Å². The van der Waals surface area contributed by atoms with Crippen LogP contribution < -0.4 is 10.6 Å². The lowest BCUT2D eigenvalue weighted by Gasteiger charge is -2.08. The third kappa shape index (κ3) is 6.25. The summed E-state index contributed by atoms with van der Waals surface area (Å²) >= 11 is 1.52. The summed E-state index contributed by atoms with van der Waals surface area (Å²) in [6.07, 6.45) is 0.229. The van der Waals surface area contributed by atoms with Gasteiger partial charge in [-0.05, 0) is 29.6 Å². The Labute approximate surface area is 170 Å². The third-order valence-electron chi connectivity index (χ3n) is 3.62. The lowest BCUT2D eigenvalue weighted by atomic mass is 10.2. The molecule has 0 spiro atoms. The summed E-state index contributed by atoms with van der Waals surface area (Å²) in [7, 11) is 0. The van der Waals surface area contributed by atoms with Crippen molar-refractivity contribution in [2.45, 2.75) is 19.8 Å². The summed E-state index contributed by atoms with van der Waals surface area (Å²) in [6, 6.07) is 8.51. The second-order valence-corrected chi connectivity index (χ2v) is 6.77. The molecule has 0 aliphatic heterocycles. The van der Waals surface area contributed by atoms with Gasteiger partial charge in [-0.3, -0.25) is 14.4 Å². The highest BCUT2D eigenvalue weighted by Gasteiger charge is 2.13. The molecule has 150 valence electrons. The minimum Gasteiger partial charge on any atom is -0.456 e. The number of carbonyl (C=O) groups is 3. The topological polar surface area (TPSA) is 123 Å². The lowest BCUT2D eigenvalue weighted by molar-refractivity contribution is -0.147. The molecule has 3 aromatic rings. The van der Waals surface area contributed by atoms with Gasteiger partial charge in [-0.15, -0.1) is 0 Å². The van der Waals surface area contributed by atoms with Crippen LogP contribution in [-0.2, 0) is 25.5 Å². The molecular weight excluding hydrogens is 396 g/mol. The molecule has 0 bridgehead atoms. The van der Waals surface area contributed by atoms with Crippen LogP contribution in [0.3, 0.4) is 0 Å². The van der Waals surface area contributed by atoms with Crippen LogP contribution in [0.1, 0.15) is 19.2 Å². The van der Waals surface area contributed by atoms with E-state index in [0.29, 0.717) is 23.1 Å². The van der Waals surface area contributed by atoms with E-state index in [1.807, 2.05) is 16.8 Å². The van der Waals surface area contributed by atoms with E-state index >= 15 is 0 Å². The lowest BCUT2D eigenvalue weighted by Crippen LogP contribution is -2.21. The first-order valence-corrected chi connectivity index (χ1v) is 9.62. The van der Waals surface area contributed by atoms with Crippen LogP contribution in [0.5, 0.6) is 0 Å². The largest absolute Gasteiger partial charge is 0.456 e. The van der Waals surface area contributed by atoms with E-state index in [0.717, 1.165) is 5.56 Å². The first-order valence-electron chi connectivity index (χ1n) is 8.68.